The Morgan fingerprint density at radius 3 is 2.59 bits per heavy atom. The molecule has 5 rings (SSSR count). The van der Waals surface area contributed by atoms with Crippen LogP contribution >= 0.6 is 0 Å². The van der Waals surface area contributed by atoms with Crippen LogP contribution in [0.3, 0.4) is 0 Å². The van der Waals surface area contributed by atoms with Crippen LogP contribution in [0.4, 0.5) is 0 Å². The lowest BCUT2D eigenvalue weighted by atomic mass is 9.92. The second kappa shape index (κ2) is 8.97. The van der Waals surface area contributed by atoms with Crippen molar-refractivity contribution in [2.24, 2.45) is 0 Å². The number of hydrogen-bond acceptors (Lipinski definition) is 7. The van der Waals surface area contributed by atoms with E-state index in [0.29, 0.717) is 41.2 Å². The summed E-state index contributed by atoms with van der Waals surface area (Å²) in [6, 6.07) is 15.2. The maximum absolute atomic E-state index is 13.3. The van der Waals surface area contributed by atoms with E-state index in [2.05, 4.69) is 0 Å². The lowest BCUT2D eigenvalue weighted by Gasteiger charge is -2.37. The van der Waals surface area contributed by atoms with Gasteiger partial charge in [-0.25, -0.2) is 4.79 Å². The van der Waals surface area contributed by atoms with Gasteiger partial charge in [-0.2, -0.15) is 0 Å². The number of fused-ring (bicyclic) bond motifs is 2. The average Bonchev–Trinajstić information content (AvgIpc) is 3.40. The van der Waals surface area contributed by atoms with E-state index in [-0.39, 0.29) is 18.3 Å². The third kappa shape index (κ3) is 3.87. The van der Waals surface area contributed by atoms with E-state index in [4.69, 9.17) is 23.0 Å². The number of para-hydroxylation sites is 1. The highest BCUT2D eigenvalue weighted by Gasteiger charge is 2.34. The van der Waals surface area contributed by atoms with Gasteiger partial charge in [0, 0.05) is 6.54 Å². The molecule has 1 aliphatic rings. The van der Waals surface area contributed by atoms with E-state index < -0.39 is 11.7 Å². The van der Waals surface area contributed by atoms with Crippen molar-refractivity contribution >= 4 is 16.9 Å². The fraction of sp³-hybridized carbons (Fsp3) is 0.231. The largest absolute Gasteiger partial charge is 0.493 e. The van der Waals surface area contributed by atoms with Crippen molar-refractivity contribution in [1.82, 2.24) is 4.90 Å². The third-order valence-corrected chi connectivity index (χ3v) is 6.00. The summed E-state index contributed by atoms with van der Waals surface area (Å²) in [7, 11) is 3.16. The highest BCUT2D eigenvalue weighted by atomic mass is 16.5. The molecule has 1 amide bonds. The molecule has 0 aliphatic carbocycles. The Hall–Kier alpha value is -4.20. The van der Waals surface area contributed by atoms with Gasteiger partial charge in [0.2, 0.25) is 0 Å². The number of ether oxygens (including phenoxy) is 3. The Bertz CT molecular complexity index is 1390. The van der Waals surface area contributed by atoms with Gasteiger partial charge >= 0.3 is 5.63 Å². The minimum Gasteiger partial charge on any atom is -0.493 e. The summed E-state index contributed by atoms with van der Waals surface area (Å²) in [6.07, 6.45) is 2.11. The maximum Gasteiger partial charge on any atom is 0.339 e. The summed E-state index contributed by atoms with van der Waals surface area (Å²) in [4.78, 5) is 27.1. The van der Waals surface area contributed by atoms with Crippen LogP contribution in [-0.4, -0.2) is 38.2 Å². The van der Waals surface area contributed by atoms with E-state index in [0.717, 1.165) is 11.1 Å². The highest BCUT2D eigenvalue weighted by molar-refractivity contribution is 5.92. The predicted octanol–water partition coefficient (Wildman–Crippen LogP) is 4.22. The number of hydrogen-bond donors (Lipinski definition) is 0. The van der Waals surface area contributed by atoms with Gasteiger partial charge < -0.3 is 27.9 Å². The topological polar surface area (TPSA) is 91.4 Å². The molecule has 2 aromatic heterocycles. The number of rotatable bonds is 6. The van der Waals surface area contributed by atoms with Gasteiger partial charge in [0.05, 0.1) is 38.0 Å². The van der Waals surface area contributed by atoms with Crippen molar-refractivity contribution in [2.45, 2.75) is 12.5 Å². The van der Waals surface area contributed by atoms with E-state index in [1.54, 1.807) is 43.4 Å². The van der Waals surface area contributed by atoms with Gasteiger partial charge in [-0.1, -0.05) is 12.1 Å². The number of amides is 1. The monoisotopic (exact) mass is 461 g/mol. The molecule has 34 heavy (non-hydrogen) atoms. The van der Waals surface area contributed by atoms with Crippen LogP contribution in [0.25, 0.3) is 11.0 Å². The van der Waals surface area contributed by atoms with E-state index in [9.17, 15) is 9.59 Å². The molecule has 0 radical (unpaired) electrons. The number of furan rings is 1. The van der Waals surface area contributed by atoms with Crippen molar-refractivity contribution < 1.29 is 27.8 Å². The molecular weight excluding hydrogens is 438 g/mol. The summed E-state index contributed by atoms with van der Waals surface area (Å²) in [6.45, 7) is 0.579. The Morgan fingerprint density at radius 1 is 1.03 bits per heavy atom. The number of nitrogens with zero attached hydrogens (tertiary/aromatic N) is 1. The fourth-order valence-electron chi connectivity index (χ4n) is 4.36. The van der Waals surface area contributed by atoms with Crippen LogP contribution < -0.4 is 19.8 Å². The van der Waals surface area contributed by atoms with Gasteiger partial charge in [-0.15, -0.1) is 0 Å². The maximum atomic E-state index is 13.3. The van der Waals surface area contributed by atoms with Crippen LogP contribution in [-0.2, 0) is 6.42 Å². The molecule has 0 fully saturated rings. The first-order valence-electron chi connectivity index (χ1n) is 10.8. The Morgan fingerprint density at radius 2 is 1.82 bits per heavy atom. The second-order valence-corrected chi connectivity index (χ2v) is 7.88. The minimum absolute atomic E-state index is 0.113. The lowest BCUT2D eigenvalue weighted by molar-refractivity contribution is 0.0558. The molecule has 2 aromatic carbocycles. The zero-order chi connectivity index (χ0) is 23.7. The van der Waals surface area contributed by atoms with Gasteiger partial charge in [0.1, 0.15) is 17.9 Å². The van der Waals surface area contributed by atoms with Gasteiger partial charge in [-0.3, -0.25) is 4.79 Å². The summed E-state index contributed by atoms with van der Waals surface area (Å²) >= 11 is 0. The quantitative estimate of drug-likeness (QED) is 0.397. The van der Waals surface area contributed by atoms with Crippen molar-refractivity contribution in [3.8, 4) is 17.2 Å². The molecule has 8 heteroatoms. The standard InChI is InChI=1S/C26H23NO7/c1-30-23-12-16-9-10-27(26(29)21-8-5-11-32-21)19(18(16)13-24(23)31-2)15-33-22-14-25(28)34-20-7-4-3-6-17(20)22/h3-8,11-14,19H,9-10,15H2,1-2H3. The van der Waals surface area contributed by atoms with Crippen LogP contribution in [0.1, 0.15) is 27.7 Å². The zero-order valence-corrected chi connectivity index (χ0v) is 18.8. The number of carbonyl (C=O) groups excluding carboxylic acids is 1. The Labute approximate surface area is 195 Å². The van der Waals surface area contributed by atoms with E-state index in [1.807, 2.05) is 24.3 Å². The van der Waals surface area contributed by atoms with Crippen LogP contribution in [0.15, 0.2) is 74.5 Å². The Balaban J connectivity index is 1.55. The van der Waals surface area contributed by atoms with Crippen molar-refractivity contribution in [1.29, 1.82) is 0 Å². The number of benzene rings is 2. The molecule has 1 unspecified atom stereocenters. The van der Waals surface area contributed by atoms with Crippen LogP contribution in [0, 0.1) is 0 Å². The summed E-state index contributed by atoms with van der Waals surface area (Å²) in [5.41, 5.74) is 1.85. The molecule has 0 saturated carbocycles. The molecule has 0 spiro atoms. The van der Waals surface area contributed by atoms with Gasteiger partial charge in [0.15, 0.2) is 17.3 Å². The predicted molar refractivity (Wildman–Crippen MR) is 124 cm³/mol. The van der Waals surface area contributed by atoms with Gasteiger partial charge in [0.25, 0.3) is 5.91 Å². The molecule has 0 N–H and O–H groups in total. The van der Waals surface area contributed by atoms with E-state index >= 15 is 0 Å². The first kappa shape index (κ1) is 21.6. The molecule has 8 nitrogen and oxygen atoms in total. The van der Waals surface area contributed by atoms with Crippen LogP contribution in [0.5, 0.6) is 17.2 Å². The first-order chi connectivity index (χ1) is 16.6. The molecule has 1 aliphatic heterocycles. The Kier molecular flexibility index (Phi) is 5.71. The minimum atomic E-state index is -0.507. The zero-order valence-electron chi connectivity index (χ0n) is 18.8. The second-order valence-electron chi connectivity index (χ2n) is 7.88. The molecule has 4 aromatic rings. The summed E-state index contributed by atoms with van der Waals surface area (Å²) in [5, 5.41) is 0.675. The third-order valence-electron chi connectivity index (χ3n) is 6.00. The SMILES string of the molecule is COc1cc2c(cc1OC)C(COc1cc(=O)oc3ccccc13)N(C(=O)c1ccco1)CC2. The van der Waals surface area contributed by atoms with Crippen molar-refractivity contribution in [3.05, 3.63) is 88.2 Å². The molecule has 174 valence electrons. The number of carbonyl (C=O) groups is 1. The smallest absolute Gasteiger partial charge is 0.339 e. The normalized spacial score (nSPS) is 15.1. The van der Waals surface area contributed by atoms with E-state index in [1.165, 1.54) is 12.3 Å². The van der Waals surface area contributed by atoms with Crippen molar-refractivity contribution in [2.75, 3.05) is 27.4 Å². The summed E-state index contributed by atoms with van der Waals surface area (Å²) < 4.78 is 27.8. The molecular formula is C26H23NO7. The number of methoxy groups -OCH3 is 2. The molecule has 0 bridgehead atoms. The molecule has 1 atom stereocenters. The van der Waals surface area contributed by atoms with Gasteiger partial charge in [-0.05, 0) is 53.9 Å². The average molecular weight is 461 g/mol. The first-order valence-corrected chi connectivity index (χ1v) is 10.8. The summed E-state index contributed by atoms with van der Waals surface area (Å²) in [5.74, 6) is 1.59. The molecule has 0 saturated heterocycles. The van der Waals surface area contributed by atoms with Crippen LogP contribution in [0.2, 0.25) is 0 Å². The molecule has 3 heterocycles. The van der Waals surface area contributed by atoms with Crippen molar-refractivity contribution in [3.63, 3.8) is 0 Å². The fourth-order valence-corrected chi connectivity index (χ4v) is 4.36. The highest BCUT2D eigenvalue weighted by Crippen LogP contribution is 2.39. The lowest BCUT2D eigenvalue weighted by Crippen LogP contribution is -2.42.